The predicted octanol–water partition coefficient (Wildman–Crippen LogP) is 1.68. The van der Waals surface area contributed by atoms with E-state index in [-0.39, 0.29) is 17.6 Å². The van der Waals surface area contributed by atoms with Gasteiger partial charge in [-0.05, 0) is 18.1 Å². The van der Waals surface area contributed by atoms with Gasteiger partial charge in [-0.3, -0.25) is 4.79 Å². The van der Waals surface area contributed by atoms with Crippen molar-refractivity contribution in [2.24, 2.45) is 0 Å². The van der Waals surface area contributed by atoms with Crippen molar-refractivity contribution in [1.82, 2.24) is 0 Å². The van der Waals surface area contributed by atoms with Crippen LogP contribution in [0.25, 0.3) is 0 Å². The summed E-state index contributed by atoms with van der Waals surface area (Å²) in [5.41, 5.74) is 1.60. The van der Waals surface area contributed by atoms with E-state index in [9.17, 15) is 9.00 Å². The fourth-order valence-electron chi connectivity index (χ4n) is 1.36. The van der Waals surface area contributed by atoms with Gasteiger partial charge < -0.3 is 9.29 Å². The van der Waals surface area contributed by atoms with E-state index in [2.05, 4.69) is 4.74 Å². The van der Waals surface area contributed by atoms with Crippen molar-refractivity contribution in [2.45, 2.75) is 18.6 Å². The molecule has 1 aromatic rings. The molecule has 0 spiro atoms. The second kappa shape index (κ2) is 5.77. The van der Waals surface area contributed by atoms with Crippen LogP contribution in [0, 0.1) is 0 Å². The Bertz CT molecular complexity index is 385. The molecule has 0 aliphatic heterocycles. The molecule has 1 rings (SSSR count). The SMILES string of the molecule is COC(=O)C(C)c1ccc(CS(=O)O)cc1. The summed E-state index contributed by atoms with van der Waals surface area (Å²) in [6.07, 6.45) is 0. The third-order valence-electron chi connectivity index (χ3n) is 2.32. The van der Waals surface area contributed by atoms with Gasteiger partial charge in [0.2, 0.25) is 0 Å². The summed E-state index contributed by atoms with van der Waals surface area (Å²) < 4.78 is 23.9. The fourth-order valence-corrected chi connectivity index (χ4v) is 1.84. The smallest absolute Gasteiger partial charge is 0.312 e. The lowest BCUT2D eigenvalue weighted by Crippen LogP contribution is -2.10. The molecule has 0 saturated carbocycles. The lowest BCUT2D eigenvalue weighted by molar-refractivity contribution is -0.141. The van der Waals surface area contributed by atoms with Gasteiger partial charge in [-0.1, -0.05) is 24.3 Å². The van der Waals surface area contributed by atoms with Gasteiger partial charge in [0.15, 0.2) is 11.1 Å². The highest BCUT2D eigenvalue weighted by molar-refractivity contribution is 7.78. The van der Waals surface area contributed by atoms with E-state index >= 15 is 0 Å². The summed E-state index contributed by atoms with van der Waals surface area (Å²) in [4.78, 5) is 11.3. The minimum Gasteiger partial charge on any atom is -0.469 e. The normalized spacial score (nSPS) is 14.2. The number of ether oxygens (including phenoxy) is 1. The van der Waals surface area contributed by atoms with E-state index < -0.39 is 11.1 Å². The summed E-state index contributed by atoms with van der Waals surface area (Å²) >= 11 is -1.84. The molecule has 88 valence electrons. The Kier molecular flexibility index (Phi) is 4.64. The van der Waals surface area contributed by atoms with E-state index in [4.69, 9.17) is 4.55 Å². The van der Waals surface area contributed by atoms with Gasteiger partial charge in [-0.15, -0.1) is 0 Å². The lowest BCUT2D eigenvalue weighted by atomic mass is 10.0. The molecule has 16 heavy (non-hydrogen) atoms. The Labute approximate surface area is 96.9 Å². The summed E-state index contributed by atoms with van der Waals surface area (Å²) in [5.74, 6) is -0.510. The van der Waals surface area contributed by atoms with E-state index in [1.54, 1.807) is 31.2 Å². The predicted molar refractivity (Wildman–Crippen MR) is 61.3 cm³/mol. The number of hydrogen-bond donors (Lipinski definition) is 1. The molecule has 2 atom stereocenters. The van der Waals surface area contributed by atoms with Crippen LogP contribution in [0.2, 0.25) is 0 Å². The Balaban J connectivity index is 2.78. The molecule has 0 aromatic heterocycles. The largest absolute Gasteiger partial charge is 0.469 e. The second-order valence-corrected chi connectivity index (χ2v) is 4.38. The van der Waals surface area contributed by atoms with E-state index in [0.717, 1.165) is 11.1 Å². The number of methoxy groups -OCH3 is 1. The number of benzene rings is 1. The minimum atomic E-state index is -1.84. The molecule has 0 aliphatic carbocycles. The number of carbonyl (C=O) groups is 1. The van der Waals surface area contributed by atoms with Crippen LogP contribution in [0.5, 0.6) is 0 Å². The van der Waals surface area contributed by atoms with Crippen molar-refractivity contribution >= 4 is 17.0 Å². The first-order chi connectivity index (χ1) is 7.54. The maximum absolute atomic E-state index is 11.3. The first-order valence-electron chi connectivity index (χ1n) is 4.78. The summed E-state index contributed by atoms with van der Waals surface area (Å²) in [5, 5.41) is 0. The van der Waals surface area contributed by atoms with Crippen LogP contribution in [0.15, 0.2) is 24.3 Å². The number of esters is 1. The van der Waals surface area contributed by atoms with Gasteiger partial charge in [0.25, 0.3) is 0 Å². The zero-order chi connectivity index (χ0) is 12.1. The van der Waals surface area contributed by atoms with Gasteiger partial charge in [0.1, 0.15) is 0 Å². The minimum absolute atomic E-state index is 0.104. The molecule has 0 fully saturated rings. The average molecular weight is 242 g/mol. The van der Waals surface area contributed by atoms with E-state index in [1.165, 1.54) is 7.11 Å². The van der Waals surface area contributed by atoms with Crippen molar-refractivity contribution in [3.63, 3.8) is 0 Å². The van der Waals surface area contributed by atoms with Crippen LogP contribution in [0.1, 0.15) is 24.0 Å². The van der Waals surface area contributed by atoms with Crippen LogP contribution in [-0.2, 0) is 26.4 Å². The van der Waals surface area contributed by atoms with Crippen molar-refractivity contribution in [3.8, 4) is 0 Å². The molecular weight excluding hydrogens is 228 g/mol. The molecular formula is C11H14O4S. The van der Waals surface area contributed by atoms with Crippen molar-refractivity contribution in [2.75, 3.05) is 7.11 Å². The van der Waals surface area contributed by atoms with Crippen LogP contribution >= 0.6 is 0 Å². The van der Waals surface area contributed by atoms with E-state index in [1.807, 2.05) is 0 Å². The highest BCUT2D eigenvalue weighted by Gasteiger charge is 2.15. The molecule has 0 aliphatic rings. The van der Waals surface area contributed by atoms with Gasteiger partial charge in [-0.2, -0.15) is 0 Å². The third-order valence-corrected chi connectivity index (χ3v) is 2.90. The summed E-state index contributed by atoms with van der Waals surface area (Å²) in [6, 6.07) is 7.01. The zero-order valence-corrected chi connectivity index (χ0v) is 9.99. The molecule has 1 aromatic carbocycles. The molecule has 0 heterocycles. The van der Waals surface area contributed by atoms with Crippen molar-refractivity contribution in [3.05, 3.63) is 35.4 Å². The Hall–Kier alpha value is -1.20. The molecule has 5 heteroatoms. The number of hydrogen-bond acceptors (Lipinski definition) is 3. The third kappa shape index (κ3) is 3.43. The Morgan fingerprint density at radius 1 is 1.44 bits per heavy atom. The molecule has 1 N–H and O–H groups in total. The van der Waals surface area contributed by atoms with Crippen molar-refractivity contribution in [1.29, 1.82) is 0 Å². The highest BCUT2D eigenvalue weighted by Crippen LogP contribution is 2.17. The number of carbonyl (C=O) groups excluding carboxylic acids is 1. The maximum atomic E-state index is 11.3. The molecule has 0 bridgehead atoms. The highest BCUT2D eigenvalue weighted by atomic mass is 32.2. The van der Waals surface area contributed by atoms with Crippen LogP contribution in [0.4, 0.5) is 0 Å². The second-order valence-electron chi connectivity index (χ2n) is 3.45. The molecule has 2 unspecified atom stereocenters. The van der Waals surface area contributed by atoms with Crippen molar-refractivity contribution < 1.29 is 18.3 Å². The Morgan fingerprint density at radius 2 is 2.00 bits per heavy atom. The zero-order valence-electron chi connectivity index (χ0n) is 9.17. The van der Waals surface area contributed by atoms with Crippen LogP contribution < -0.4 is 0 Å². The molecule has 0 radical (unpaired) electrons. The Morgan fingerprint density at radius 3 is 2.44 bits per heavy atom. The van der Waals surface area contributed by atoms with Gasteiger partial charge in [-0.25, -0.2) is 4.21 Å². The first-order valence-corrected chi connectivity index (χ1v) is 6.06. The summed E-state index contributed by atoms with van der Waals surface area (Å²) in [7, 11) is 1.35. The molecule has 4 nitrogen and oxygen atoms in total. The van der Waals surface area contributed by atoms with Crippen LogP contribution in [0.3, 0.4) is 0 Å². The lowest BCUT2D eigenvalue weighted by Gasteiger charge is -2.09. The quantitative estimate of drug-likeness (QED) is 0.644. The van der Waals surface area contributed by atoms with E-state index in [0.29, 0.717) is 0 Å². The monoisotopic (exact) mass is 242 g/mol. The fraction of sp³-hybridized carbons (Fsp3) is 0.364. The average Bonchev–Trinajstić information content (AvgIpc) is 2.27. The number of rotatable bonds is 4. The van der Waals surface area contributed by atoms with Gasteiger partial charge >= 0.3 is 5.97 Å². The molecule has 0 amide bonds. The summed E-state index contributed by atoms with van der Waals surface area (Å²) in [6.45, 7) is 1.75. The van der Waals surface area contributed by atoms with Gasteiger partial charge in [0, 0.05) is 0 Å². The van der Waals surface area contributed by atoms with Crippen LogP contribution in [-0.4, -0.2) is 21.8 Å². The standard InChI is InChI=1S/C11H14O4S/c1-8(11(12)15-2)10-5-3-9(4-6-10)7-16(13)14/h3-6,8H,7H2,1-2H3,(H,13,14). The topological polar surface area (TPSA) is 63.6 Å². The molecule has 0 saturated heterocycles. The first kappa shape index (κ1) is 12.9. The maximum Gasteiger partial charge on any atom is 0.312 e. The van der Waals surface area contributed by atoms with Gasteiger partial charge in [0.05, 0.1) is 18.8 Å².